The Morgan fingerprint density at radius 3 is 2.30 bits per heavy atom. The molecule has 0 radical (unpaired) electrons. The van der Waals surface area contributed by atoms with Crippen LogP contribution in [0, 0.1) is 0 Å². The molecule has 0 saturated carbocycles. The number of carboxylic acid groups (broad SMARTS) is 1. The Morgan fingerprint density at radius 2 is 1.70 bits per heavy atom. The Balaban J connectivity index is 1.75. The second-order valence-electron chi connectivity index (χ2n) is 10.00. The van der Waals surface area contributed by atoms with E-state index in [4.69, 9.17) is 0 Å². The molecular weight excluding hydrogens is 525 g/mol. The quantitative estimate of drug-likeness (QED) is 0.293. The Labute approximate surface area is 230 Å². The van der Waals surface area contributed by atoms with E-state index in [0.29, 0.717) is 29.7 Å². The number of hydrogen-bond donors (Lipinski definition) is 2. The highest BCUT2D eigenvalue weighted by Crippen LogP contribution is 2.38. The van der Waals surface area contributed by atoms with E-state index in [9.17, 15) is 33.0 Å². The van der Waals surface area contributed by atoms with Gasteiger partial charge in [0.25, 0.3) is 5.91 Å². The Bertz CT molecular complexity index is 1420. The maximum absolute atomic E-state index is 13.8. The van der Waals surface area contributed by atoms with E-state index in [0.717, 1.165) is 10.8 Å². The summed E-state index contributed by atoms with van der Waals surface area (Å²) in [5.74, 6) is -2.12. The molecular formula is C30H31F3N2O5. The normalized spacial score (nSPS) is 14.7. The first-order chi connectivity index (χ1) is 18.9. The number of aliphatic carboxylic acids is 1. The number of hydrogen-bond acceptors (Lipinski definition) is 5. The SMILES string of the molecule is C=C(CC(O)(CC)CC)[C@@H](C(=O)O)N1CN(Cc2ccc(OC(F)(F)F)cc2)c2c(ccc3ccccc23)C1=O. The molecule has 0 aliphatic carbocycles. The molecule has 2 N–H and O–H groups in total. The van der Waals surface area contributed by atoms with Crippen LogP contribution in [0.4, 0.5) is 18.9 Å². The number of carboxylic acids is 1. The smallest absolute Gasteiger partial charge is 0.479 e. The predicted molar refractivity (Wildman–Crippen MR) is 145 cm³/mol. The van der Waals surface area contributed by atoms with Gasteiger partial charge in [-0.25, -0.2) is 4.79 Å². The van der Waals surface area contributed by atoms with E-state index in [1.165, 1.54) is 29.2 Å². The molecule has 4 rings (SSSR count). The van der Waals surface area contributed by atoms with Crippen molar-refractivity contribution < 1.29 is 37.7 Å². The summed E-state index contributed by atoms with van der Waals surface area (Å²) in [6, 6.07) is 14.9. The van der Waals surface area contributed by atoms with Crippen LogP contribution < -0.4 is 9.64 Å². The lowest BCUT2D eigenvalue weighted by atomic mass is 9.86. The number of carbonyl (C=O) groups is 2. The number of halogens is 3. The molecule has 7 nitrogen and oxygen atoms in total. The fourth-order valence-electron chi connectivity index (χ4n) is 5.13. The van der Waals surface area contributed by atoms with Crippen LogP contribution in [0.3, 0.4) is 0 Å². The molecule has 1 aliphatic rings. The second kappa shape index (κ2) is 11.2. The van der Waals surface area contributed by atoms with Gasteiger partial charge in [0.2, 0.25) is 0 Å². The first-order valence-electron chi connectivity index (χ1n) is 12.9. The van der Waals surface area contributed by atoms with Gasteiger partial charge in [-0.3, -0.25) is 4.79 Å². The molecule has 1 aliphatic heterocycles. The number of nitrogens with zero attached hydrogens (tertiary/aromatic N) is 2. The summed E-state index contributed by atoms with van der Waals surface area (Å²) >= 11 is 0. The number of anilines is 1. The fourth-order valence-corrected chi connectivity index (χ4v) is 5.13. The summed E-state index contributed by atoms with van der Waals surface area (Å²) < 4.78 is 41.8. The summed E-state index contributed by atoms with van der Waals surface area (Å²) in [4.78, 5) is 29.4. The van der Waals surface area contributed by atoms with Crippen molar-refractivity contribution in [2.24, 2.45) is 0 Å². The molecule has 3 aromatic rings. The van der Waals surface area contributed by atoms with Gasteiger partial charge in [0, 0.05) is 11.9 Å². The van der Waals surface area contributed by atoms with Crippen LogP contribution in [0.5, 0.6) is 5.75 Å². The molecule has 0 unspecified atom stereocenters. The van der Waals surface area contributed by atoms with Gasteiger partial charge in [-0.05, 0) is 54.0 Å². The summed E-state index contributed by atoms with van der Waals surface area (Å²) in [6.07, 6.45) is -4.04. The third-order valence-electron chi connectivity index (χ3n) is 7.37. The fraction of sp³-hybridized carbons (Fsp3) is 0.333. The average Bonchev–Trinajstić information content (AvgIpc) is 2.90. The van der Waals surface area contributed by atoms with Crippen molar-refractivity contribution in [3.63, 3.8) is 0 Å². The zero-order valence-electron chi connectivity index (χ0n) is 22.2. The lowest BCUT2D eigenvalue weighted by molar-refractivity contribution is -0.274. The van der Waals surface area contributed by atoms with Crippen molar-refractivity contribution in [1.82, 2.24) is 4.90 Å². The maximum Gasteiger partial charge on any atom is 0.573 e. The number of alkyl halides is 3. The predicted octanol–water partition coefficient (Wildman–Crippen LogP) is 6.11. The molecule has 0 aromatic heterocycles. The molecule has 212 valence electrons. The van der Waals surface area contributed by atoms with Gasteiger partial charge in [-0.2, -0.15) is 0 Å². The topological polar surface area (TPSA) is 90.3 Å². The zero-order valence-corrected chi connectivity index (χ0v) is 22.2. The van der Waals surface area contributed by atoms with Crippen molar-refractivity contribution in [2.45, 2.75) is 57.7 Å². The summed E-state index contributed by atoms with van der Waals surface area (Å²) in [6.45, 7) is 7.61. The maximum atomic E-state index is 13.8. The first kappa shape index (κ1) is 28.9. The third kappa shape index (κ3) is 6.07. The average molecular weight is 557 g/mol. The van der Waals surface area contributed by atoms with E-state index in [1.54, 1.807) is 26.0 Å². The van der Waals surface area contributed by atoms with Gasteiger partial charge in [0.1, 0.15) is 5.75 Å². The van der Waals surface area contributed by atoms with Crippen LogP contribution in [0.25, 0.3) is 10.8 Å². The molecule has 1 atom stereocenters. The largest absolute Gasteiger partial charge is 0.573 e. The molecule has 0 spiro atoms. The van der Waals surface area contributed by atoms with Gasteiger partial charge < -0.3 is 24.7 Å². The minimum absolute atomic E-state index is 0.00594. The number of amides is 1. The Hall–Kier alpha value is -4.05. The van der Waals surface area contributed by atoms with E-state index >= 15 is 0 Å². The summed E-state index contributed by atoms with van der Waals surface area (Å²) in [5, 5.41) is 22.7. The van der Waals surface area contributed by atoms with Crippen molar-refractivity contribution in [3.8, 4) is 5.75 Å². The van der Waals surface area contributed by atoms with Crippen LogP contribution in [0.15, 0.2) is 72.8 Å². The van der Waals surface area contributed by atoms with Crippen LogP contribution in [-0.2, 0) is 11.3 Å². The highest BCUT2D eigenvalue weighted by Gasteiger charge is 2.40. The van der Waals surface area contributed by atoms with Crippen molar-refractivity contribution in [1.29, 1.82) is 0 Å². The lowest BCUT2D eigenvalue weighted by Crippen LogP contribution is -2.54. The molecule has 0 bridgehead atoms. The van der Waals surface area contributed by atoms with Crippen molar-refractivity contribution >= 4 is 28.3 Å². The Morgan fingerprint density at radius 1 is 1.05 bits per heavy atom. The van der Waals surface area contributed by atoms with E-state index < -0.39 is 29.9 Å². The summed E-state index contributed by atoms with van der Waals surface area (Å²) in [5.41, 5.74) is 0.563. The van der Waals surface area contributed by atoms with Crippen LogP contribution in [0.2, 0.25) is 0 Å². The number of fused-ring (bicyclic) bond motifs is 3. The molecule has 0 fully saturated rings. The first-order valence-corrected chi connectivity index (χ1v) is 12.9. The van der Waals surface area contributed by atoms with Crippen LogP contribution >= 0.6 is 0 Å². The number of benzene rings is 3. The number of rotatable bonds is 10. The zero-order chi connectivity index (χ0) is 29.2. The third-order valence-corrected chi connectivity index (χ3v) is 7.37. The number of carbonyl (C=O) groups excluding carboxylic acids is 1. The van der Waals surface area contributed by atoms with Gasteiger partial charge in [-0.15, -0.1) is 13.2 Å². The lowest BCUT2D eigenvalue weighted by Gasteiger charge is -2.42. The molecule has 40 heavy (non-hydrogen) atoms. The Kier molecular flexibility index (Phi) is 8.11. The van der Waals surface area contributed by atoms with E-state index in [1.807, 2.05) is 29.2 Å². The van der Waals surface area contributed by atoms with Gasteiger partial charge in [0.05, 0.1) is 23.5 Å². The molecule has 0 saturated heterocycles. The van der Waals surface area contributed by atoms with E-state index in [2.05, 4.69) is 11.3 Å². The minimum Gasteiger partial charge on any atom is -0.479 e. The molecule has 3 aromatic carbocycles. The number of aliphatic hydroxyl groups is 1. The van der Waals surface area contributed by atoms with Crippen LogP contribution in [0.1, 0.15) is 49.0 Å². The number of ether oxygens (including phenoxy) is 1. The highest BCUT2D eigenvalue weighted by molar-refractivity contribution is 6.11. The van der Waals surface area contributed by atoms with Crippen molar-refractivity contribution in [3.05, 3.63) is 83.9 Å². The monoisotopic (exact) mass is 556 g/mol. The van der Waals surface area contributed by atoms with E-state index in [-0.39, 0.29) is 31.0 Å². The van der Waals surface area contributed by atoms with Crippen LogP contribution in [-0.4, -0.2) is 51.7 Å². The standard InChI is InChI=1S/C30H31F3N2O5/c1-4-29(39,5-2)16-19(3)25(28(37)38)35-18-34(17-20-10-13-22(14-11-20)40-30(31,32)33)26-23-9-7-6-8-21(23)12-15-24(26)27(35)36/h6-15,25,39H,3-5,16-18H2,1-2H3,(H,37,38)/t25-/m0/s1. The molecule has 1 heterocycles. The van der Waals surface area contributed by atoms with Gasteiger partial charge in [0.15, 0.2) is 6.04 Å². The van der Waals surface area contributed by atoms with Gasteiger partial charge in [-0.1, -0.05) is 62.9 Å². The molecule has 10 heteroatoms. The summed E-state index contributed by atoms with van der Waals surface area (Å²) in [7, 11) is 0. The van der Waals surface area contributed by atoms with Crippen molar-refractivity contribution in [2.75, 3.05) is 11.6 Å². The molecule has 1 amide bonds. The highest BCUT2D eigenvalue weighted by atomic mass is 19.4. The minimum atomic E-state index is -4.82. The van der Waals surface area contributed by atoms with Gasteiger partial charge >= 0.3 is 12.3 Å². The second-order valence-corrected chi connectivity index (χ2v) is 10.00.